The Hall–Kier alpha value is -1.38. The van der Waals surface area contributed by atoms with Crippen LogP contribution in [-0.2, 0) is 12.8 Å². The molecule has 0 radical (unpaired) electrons. The Morgan fingerprint density at radius 3 is 3.07 bits per heavy atom. The van der Waals surface area contributed by atoms with Gasteiger partial charge in [-0.15, -0.1) is 0 Å². The lowest BCUT2D eigenvalue weighted by atomic mass is 9.86. The van der Waals surface area contributed by atoms with E-state index in [1.165, 1.54) is 12.0 Å². The van der Waals surface area contributed by atoms with E-state index in [0.29, 0.717) is 5.92 Å². The molecule has 0 saturated heterocycles. The molecule has 1 heterocycles. The van der Waals surface area contributed by atoms with Crippen molar-refractivity contribution >= 4 is 5.97 Å². The van der Waals surface area contributed by atoms with E-state index < -0.39 is 5.97 Å². The van der Waals surface area contributed by atoms with Crippen LogP contribution in [0.2, 0.25) is 0 Å². The van der Waals surface area contributed by atoms with Gasteiger partial charge in [-0.3, -0.25) is 0 Å². The van der Waals surface area contributed by atoms with E-state index in [-0.39, 0.29) is 5.69 Å². The van der Waals surface area contributed by atoms with Crippen molar-refractivity contribution in [2.75, 3.05) is 0 Å². The molecule has 74 valence electrons. The van der Waals surface area contributed by atoms with Gasteiger partial charge in [0.25, 0.3) is 0 Å². The Kier molecular flexibility index (Phi) is 2.23. The normalized spacial score (nSPS) is 20.2. The lowest BCUT2D eigenvalue weighted by molar-refractivity contribution is 0.0690. The molecule has 0 fully saturated rings. The molecule has 0 spiro atoms. The van der Waals surface area contributed by atoms with Gasteiger partial charge in [-0.25, -0.2) is 9.78 Å². The number of carboxylic acids is 1. The van der Waals surface area contributed by atoms with Gasteiger partial charge in [0, 0.05) is 6.20 Å². The quantitative estimate of drug-likeness (QED) is 0.737. The molecule has 1 aliphatic carbocycles. The van der Waals surface area contributed by atoms with Crippen LogP contribution in [0, 0.1) is 5.92 Å². The number of carboxylic acid groups (broad SMARTS) is 1. The molecule has 1 aromatic heterocycles. The molecule has 1 aliphatic rings. The standard InChI is InChI=1S/C11H13NO2/c1-7-2-3-8-6-12-10(11(13)14)5-9(8)4-7/h5-7H,2-4H2,1H3,(H,13,14). The van der Waals surface area contributed by atoms with E-state index in [4.69, 9.17) is 5.11 Å². The summed E-state index contributed by atoms with van der Waals surface area (Å²) in [6.45, 7) is 2.20. The summed E-state index contributed by atoms with van der Waals surface area (Å²) in [6, 6.07) is 1.72. The zero-order chi connectivity index (χ0) is 10.1. The van der Waals surface area contributed by atoms with E-state index in [9.17, 15) is 4.79 Å². The molecule has 0 bridgehead atoms. The van der Waals surface area contributed by atoms with Crippen molar-refractivity contribution in [2.45, 2.75) is 26.2 Å². The number of pyridine rings is 1. The predicted octanol–water partition coefficient (Wildman–Crippen LogP) is 1.90. The van der Waals surface area contributed by atoms with Crippen molar-refractivity contribution in [1.82, 2.24) is 4.98 Å². The molecule has 3 heteroatoms. The second-order valence-electron chi connectivity index (χ2n) is 3.99. The number of hydrogen-bond donors (Lipinski definition) is 1. The summed E-state index contributed by atoms with van der Waals surface area (Å²) in [6.07, 6.45) is 4.91. The van der Waals surface area contributed by atoms with Crippen LogP contribution in [0.15, 0.2) is 12.3 Å². The highest BCUT2D eigenvalue weighted by molar-refractivity contribution is 5.85. The largest absolute Gasteiger partial charge is 0.477 e. The van der Waals surface area contributed by atoms with E-state index in [1.54, 1.807) is 12.3 Å². The minimum atomic E-state index is -0.939. The Balaban J connectivity index is 2.37. The van der Waals surface area contributed by atoms with Crippen LogP contribution in [0.3, 0.4) is 0 Å². The Labute approximate surface area is 82.8 Å². The number of rotatable bonds is 1. The fraction of sp³-hybridized carbons (Fsp3) is 0.455. The number of fused-ring (bicyclic) bond motifs is 1. The third-order valence-electron chi connectivity index (χ3n) is 2.78. The average molecular weight is 191 g/mol. The molecule has 0 saturated carbocycles. The lowest BCUT2D eigenvalue weighted by Gasteiger charge is -2.20. The maximum absolute atomic E-state index is 10.7. The summed E-state index contributed by atoms with van der Waals surface area (Å²) in [5.41, 5.74) is 2.54. The monoisotopic (exact) mass is 191 g/mol. The minimum Gasteiger partial charge on any atom is -0.477 e. The van der Waals surface area contributed by atoms with Gasteiger partial charge in [-0.05, 0) is 42.4 Å². The van der Waals surface area contributed by atoms with Crippen LogP contribution in [0.5, 0.6) is 0 Å². The molecule has 2 rings (SSSR count). The molecule has 0 aromatic carbocycles. The van der Waals surface area contributed by atoms with Gasteiger partial charge >= 0.3 is 5.97 Å². The number of carbonyl (C=O) groups is 1. The van der Waals surface area contributed by atoms with Crippen LogP contribution >= 0.6 is 0 Å². The molecule has 14 heavy (non-hydrogen) atoms. The van der Waals surface area contributed by atoms with Gasteiger partial charge in [0.15, 0.2) is 0 Å². The average Bonchev–Trinajstić information content (AvgIpc) is 2.16. The summed E-state index contributed by atoms with van der Waals surface area (Å²) >= 11 is 0. The Bertz CT molecular complexity index is 374. The Morgan fingerprint density at radius 2 is 2.36 bits per heavy atom. The topological polar surface area (TPSA) is 50.2 Å². The highest BCUT2D eigenvalue weighted by Crippen LogP contribution is 2.24. The first-order valence-corrected chi connectivity index (χ1v) is 4.88. The van der Waals surface area contributed by atoms with Crippen molar-refractivity contribution in [1.29, 1.82) is 0 Å². The van der Waals surface area contributed by atoms with Crippen molar-refractivity contribution in [3.8, 4) is 0 Å². The highest BCUT2D eigenvalue weighted by atomic mass is 16.4. The SMILES string of the molecule is CC1CCc2cnc(C(=O)O)cc2C1. The van der Waals surface area contributed by atoms with E-state index >= 15 is 0 Å². The van der Waals surface area contributed by atoms with Crippen molar-refractivity contribution < 1.29 is 9.90 Å². The van der Waals surface area contributed by atoms with Gasteiger partial charge < -0.3 is 5.11 Å². The summed E-state index contributed by atoms with van der Waals surface area (Å²) in [5.74, 6) is -0.280. The molecule has 1 unspecified atom stereocenters. The molecular weight excluding hydrogens is 178 g/mol. The van der Waals surface area contributed by atoms with Crippen molar-refractivity contribution in [2.24, 2.45) is 5.92 Å². The predicted molar refractivity (Wildman–Crippen MR) is 52.4 cm³/mol. The summed E-state index contributed by atoms with van der Waals surface area (Å²) < 4.78 is 0. The van der Waals surface area contributed by atoms with Gasteiger partial charge in [0.05, 0.1) is 0 Å². The summed E-state index contributed by atoms with van der Waals surface area (Å²) in [5, 5.41) is 8.79. The smallest absolute Gasteiger partial charge is 0.354 e. The fourth-order valence-corrected chi connectivity index (χ4v) is 1.94. The van der Waals surface area contributed by atoms with Crippen LogP contribution in [-0.4, -0.2) is 16.1 Å². The van der Waals surface area contributed by atoms with E-state index in [0.717, 1.165) is 18.4 Å². The first-order valence-electron chi connectivity index (χ1n) is 4.88. The highest BCUT2D eigenvalue weighted by Gasteiger charge is 2.17. The third-order valence-corrected chi connectivity index (χ3v) is 2.78. The maximum Gasteiger partial charge on any atom is 0.354 e. The van der Waals surface area contributed by atoms with Crippen LogP contribution in [0.25, 0.3) is 0 Å². The lowest BCUT2D eigenvalue weighted by Crippen LogP contribution is -2.13. The zero-order valence-electron chi connectivity index (χ0n) is 8.16. The molecular formula is C11H13NO2. The van der Waals surface area contributed by atoms with E-state index in [2.05, 4.69) is 11.9 Å². The van der Waals surface area contributed by atoms with Gasteiger partial charge in [-0.2, -0.15) is 0 Å². The third kappa shape index (κ3) is 1.62. The second kappa shape index (κ2) is 3.40. The first kappa shape index (κ1) is 9.19. The van der Waals surface area contributed by atoms with Crippen LogP contribution in [0.1, 0.15) is 35.0 Å². The van der Waals surface area contributed by atoms with Crippen LogP contribution < -0.4 is 0 Å². The number of aryl methyl sites for hydroxylation is 1. The molecule has 1 atom stereocenters. The summed E-state index contributed by atoms with van der Waals surface area (Å²) in [4.78, 5) is 14.6. The molecule has 3 nitrogen and oxygen atoms in total. The van der Waals surface area contributed by atoms with Gasteiger partial charge in [-0.1, -0.05) is 6.92 Å². The minimum absolute atomic E-state index is 0.165. The van der Waals surface area contributed by atoms with E-state index in [1.807, 2.05) is 0 Å². The fourth-order valence-electron chi connectivity index (χ4n) is 1.94. The van der Waals surface area contributed by atoms with Crippen molar-refractivity contribution in [3.63, 3.8) is 0 Å². The number of hydrogen-bond acceptors (Lipinski definition) is 2. The first-order chi connectivity index (χ1) is 6.66. The zero-order valence-corrected chi connectivity index (χ0v) is 8.16. The van der Waals surface area contributed by atoms with Crippen molar-refractivity contribution in [3.05, 3.63) is 29.1 Å². The number of aromatic nitrogens is 1. The molecule has 1 N–H and O–H groups in total. The Morgan fingerprint density at radius 1 is 1.57 bits per heavy atom. The molecule has 0 amide bonds. The van der Waals surface area contributed by atoms with Gasteiger partial charge in [0.1, 0.15) is 5.69 Å². The second-order valence-corrected chi connectivity index (χ2v) is 3.99. The number of nitrogens with zero attached hydrogens (tertiary/aromatic N) is 1. The molecule has 1 aromatic rings. The maximum atomic E-state index is 10.7. The molecule has 0 aliphatic heterocycles. The number of aromatic carboxylic acids is 1. The summed E-state index contributed by atoms with van der Waals surface area (Å²) in [7, 11) is 0. The van der Waals surface area contributed by atoms with Crippen LogP contribution in [0.4, 0.5) is 0 Å². The van der Waals surface area contributed by atoms with Gasteiger partial charge in [0.2, 0.25) is 0 Å².